The van der Waals surface area contributed by atoms with Gasteiger partial charge in [-0.1, -0.05) is 33.1 Å². The molecule has 0 saturated heterocycles. The van der Waals surface area contributed by atoms with E-state index in [0.29, 0.717) is 5.41 Å². The first-order chi connectivity index (χ1) is 6.74. The number of hydrogen-bond acceptors (Lipinski definition) is 2. The van der Waals surface area contributed by atoms with Gasteiger partial charge in [0.25, 0.3) is 0 Å². The van der Waals surface area contributed by atoms with Gasteiger partial charge in [0, 0.05) is 19.1 Å². The zero-order valence-electron chi connectivity index (χ0n) is 10.4. The van der Waals surface area contributed by atoms with Crippen LogP contribution in [0.2, 0.25) is 0 Å². The fraction of sp³-hybridized carbons (Fsp3) is 1.00. The molecule has 0 bridgehead atoms. The van der Waals surface area contributed by atoms with Crippen LogP contribution >= 0.6 is 0 Å². The van der Waals surface area contributed by atoms with Crippen LogP contribution in [-0.2, 0) is 4.74 Å². The molecule has 0 fully saturated rings. The summed E-state index contributed by atoms with van der Waals surface area (Å²) >= 11 is 0. The van der Waals surface area contributed by atoms with E-state index < -0.39 is 0 Å². The van der Waals surface area contributed by atoms with Crippen molar-refractivity contribution >= 4 is 0 Å². The number of rotatable bonds is 9. The molecule has 1 N–H and O–H groups in total. The summed E-state index contributed by atoms with van der Waals surface area (Å²) in [6.07, 6.45) is 6.45. The molecule has 0 heterocycles. The third-order valence-corrected chi connectivity index (χ3v) is 3.06. The number of ether oxygens (including phenoxy) is 1. The van der Waals surface area contributed by atoms with Gasteiger partial charge < -0.3 is 10.1 Å². The summed E-state index contributed by atoms with van der Waals surface area (Å²) < 4.78 is 5.34. The van der Waals surface area contributed by atoms with E-state index in [0.717, 1.165) is 13.2 Å². The van der Waals surface area contributed by atoms with Crippen LogP contribution in [0.25, 0.3) is 0 Å². The van der Waals surface area contributed by atoms with E-state index in [1.807, 2.05) is 7.05 Å². The summed E-state index contributed by atoms with van der Waals surface area (Å²) in [4.78, 5) is 0. The standard InChI is InChI=1S/C12H27NO/c1-5-7-8-9-12(6-2,10-13-3)11-14-4/h13H,5-11H2,1-4H3. The Balaban J connectivity index is 4.03. The Morgan fingerprint density at radius 3 is 2.36 bits per heavy atom. The predicted octanol–water partition coefficient (Wildman–Crippen LogP) is 2.83. The van der Waals surface area contributed by atoms with Crippen LogP contribution < -0.4 is 5.32 Å². The lowest BCUT2D eigenvalue weighted by molar-refractivity contribution is 0.0673. The zero-order chi connectivity index (χ0) is 10.9. The molecule has 0 saturated carbocycles. The summed E-state index contributed by atoms with van der Waals surface area (Å²) in [6.45, 7) is 6.47. The van der Waals surface area contributed by atoms with E-state index in [4.69, 9.17) is 4.74 Å². The molecule has 1 atom stereocenters. The van der Waals surface area contributed by atoms with E-state index in [9.17, 15) is 0 Å². The molecule has 0 aliphatic carbocycles. The Hall–Kier alpha value is -0.0800. The molecule has 2 nitrogen and oxygen atoms in total. The van der Waals surface area contributed by atoms with Crippen molar-refractivity contribution in [2.45, 2.75) is 46.0 Å². The smallest absolute Gasteiger partial charge is 0.0530 e. The minimum atomic E-state index is 0.360. The van der Waals surface area contributed by atoms with E-state index in [1.165, 1.54) is 32.1 Å². The Kier molecular flexibility index (Phi) is 8.20. The highest BCUT2D eigenvalue weighted by Crippen LogP contribution is 2.28. The molecule has 0 spiro atoms. The Morgan fingerprint density at radius 1 is 1.21 bits per heavy atom. The van der Waals surface area contributed by atoms with Crippen LogP contribution in [-0.4, -0.2) is 27.3 Å². The van der Waals surface area contributed by atoms with Crippen molar-refractivity contribution in [2.24, 2.45) is 5.41 Å². The number of nitrogens with one attached hydrogen (secondary N) is 1. The van der Waals surface area contributed by atoms with Crippen molar-refractivity contribution in [3.8, 4) is 0 Å². The second kappa shape index (κ2) is 8.25. The molecule has 0 aromatic rings. The molecule has 0 aliphatic rings. The van der Waals surface area contributed by atoms with Gasteiger partial charge in [0.1, 0.15) is 0 Å². The number of unbranched alkanes of at least 4 members (excludes halogenated alkanes) is 2. The average Bonchev–Trinajstić information content (AvgIpc) is 2.19. The fourth-order valence-electron chi connectivity index (χ4n) is 2.05. The van der Waals surface area contributed by atoms with E-state index in [1.54, 1.807) is 7.11 Å². The maximum atomic E-state index is 5.34. The first-order valence-electron chi connectivity index (χ1n) is 5.88. The summed E-state index contributed by atoms with van der Waals surface area (Å²) in [7, 11) is 3.83. The van der Waals surface area contributed by atoms with Gasteiger partial charge in [0.2, 0.25) is 0 Å². The zero-order valence-corrected chi connectivity index (χ0v) is 10.4. The largest absolute Gasteiger partial charge is 0.384 e. The molecule has 14 heavy (non-hydrogen) atoms. The first kappa shape index (κ1) is 13.9. The van der Waals surface area contributed by atoms with Crippen molar-refractivity contribution < 1.29 is 4.74 Å². The Labute approximate surface area is 89.4 Å². The highest BCUT2D eigenvalue weighted by molar-refractivity contribution is 4.79. The fourth-order valence-corrected chi connectivity index (χ4v) is 2.05. The van der Waals surface area contributed by atoms with Crippen LogP contribution in [0.15, 0.2) is 0 Å². The van der Waals surface area contributed by atoms with Crippen molar-refractivity contribution in [3.63, 3.8) is 0 Å². The lowest BCUT2D eigenvalue weighted by Crippen LogP contribution is -2.36. The summed E-state index contributed by atoms with van der Waals surface area (Å²) in [5, 5.41) is 3.29. The first-order valence-corrected chi connectivity index (χ1v) is 5.88. The van der Waals surface area contributed by atoms with Crippen molar-refractivity contribution in [3.05, 3.63) is 0 Å². The van der Waals surface area contributed by atoms with Gasteiger partial charge in [0.05, 0.1) is 6.61 Å². The van der Waals surface area contributed by atoms with Crippen LogP contribution in [0.4, 0.5) is 0 Å². The lowest BCUT2D eigenvalue weighted by Gasteiger charge is -2.32. The SMILES string of the molecule is CCCCCC(CC)(CNC)COC. The van der Waals surface area contributed by atoms with Gasteiger partial charge in [-0.05, 0) is 19.9 Å². The highest BCUT2D eigenvalue weighted by atomic mass is 16.5. The summed E-state index contributed by atoms with van der Waals surface area (Å²) in [5.74, 6) is 0. The predicted molar refractivity (Wildman–Crippen MR) is 62.7 cm³/mol. The van der Waals surface area contributed by atoms with Crippen LogP contribution in [0.1, 0.15) is 46.0 Å². The second-order valence-corrected chi connectivity index (χ2v) is 4.27. The Bertz CT molecular complexity index is 119. The molecule has 2 heteroatoms. The van der Waals surface area contributed by atoms with Gasteiger partial charge >= 0.3 is 0 Å². The molecule has 0 amide bonds. The molecule has 0 aromatic carbocycles. The maximum Gasteiger partial charge on any atom is 0.0530 e. The monoisotopic (exact) mass is 201 g/mol. The third-order valence-electron chi connectivity index (χ3n) is 3.06. The van der Waals surface area contributed by atoms with Crippen molar-refractivity contribution in [1.29, 1.82) is 0 Å². The normalized spacial score (nSPS) is 15.4. The molecular weight excluding hydrogens is 174 g/mol. The van der Waals surface area contributed by atoms with Crippen LogP contribution in [0.3, 0.4) is 0 Å². The molecule has 0 aromatic heterocycles. The summed E-state index contributed by atoms with van der Waals surface area (Å²) in [5.41, 5.74) is 0.360. The topological polar surface area (TPSA) is 21.3 Å². The minimum Gasteiger partial charge on any atom is -0.384 e. The molecular formula is C12H27NO. The van der Waals surface area contributed by atoms with E-state index in [2.05, 4.69) is 19.2 Å². The highest BCUT2D eigenvalue weighted by Gasteiger charge is 2.26. The van der Waals surface area contributed by atoms with Gasteiger partial charge in [-0.25, -0.2) is 0 Å². The molecule has 0 radical (unpaired) electrons. The number of hydrogen-bond donors (Lipinski definition) is 1. The quantitative estimate of drug-likeness (QED) is 0.579. The van der Waals surface area contributed by atoms with Crippen LogP contribution in [0, 0.1) is 5.41 Å². The third kappa shape index (κ3) is 4.97. The van der Waals surface area contributed by atoms with Gasteiger partial charge in [-0.15, -0.1) is 0 Å². The molecule has 0 aliphatic heterocycles. The van der Waals surface area contributed by atoms with E-state index in [-0.39, 0.29) is 0 Å². The Morgan fingerprint density at radius 2 is 1.93 bits per heavy atom. The average molecular weight is 201 g/mol. The van der Waals surface area contributed by atoms with E-state index >= 15 is 0 Å². The van der Waals surface area contributed by atoms with Gasteiger partial charge in [-0.3, -0.25) is 0 Å². The number of methoxy groups -OCH3 is 1. The molecule has 86 valence electrons. The maximum absolute atomic E-state index is 5.34. The van der Waals surface area contributed by atoms with Gasteiger partial charge in [-0.2, -0.15) is 0 Å². The van der Waals surface area contributed by atoms with Gasteiger partial charge in [0.15, 0.2) is 0 Å². The second-order valence-electron chi connectivity index (χ2n) is 4.27. The summed E-state index contributed by atoms with van der Waals surface area (Å²) in [6, 6.07) is 0. The van der Waals surface area contributed by atoms with Crippen molar-refractivity contribution in [2.75, 3.05) is 27.3 Å². The molecule has 1 unspecified atom stereocenters. The van der Waals surface area contributed by atoms with Crippen molar-refractivity contribution in [1.82, 2.24) is 5.32 Å². The lowest BCUT2D eigenvalue weighted by atomic mass is 9.80. The van der Waals surface area contributed by atoms with Crippen LogP contribution in [0.5, 0.6) is 0 Å². The molecule has 0 rings (SSSR count). The minimum absolute atomic E-state index is 0.360.